The Balaban J connectivity index is 2.27. The molecule has 0 aliphatic heterocycles. The molecule has 0 bridgehead atoms. The predicted molar refractivity (Wildman–Crippen MR) is 118 cm³/mol. The number of hydrogen-bond acceptors (Lipinski definition) is 1. The van der Waals surface area contributed by atoms with E-state index in [0.717, 1.165) is 17.8 Å². The van der Waals surface area contributed by atoms with E-state index in [9.17, 15) is 0 Å². The number of benzene rings is 3. The summed E-state index contributed by atoms with van der Waals surface area (Å²) in [7, 11) is -2.68. The van der Waals surface area contributed by atoms with Gasteiger partial charge in [0, 0.05) is 6.42 Å². The summed E-state index contributed by atoms with van der Waals surface area (Å²) in [5, 5.41) is 3.72. The molecule has 3 aromatic carbocycles. The van der Waals surface area contributed by atoms with Crippen LogP contribution < -0.4 is 15.6 Å². The van der Waals surface area contributed by atoms with Crippen molar-refractivity contribution >= 4 is 23.9 Å². The van der Waals surface area contributed by atoms with Crippen LogP contribution in [0.25, 0.3) is 0 Å². The first-order valence-corrected chi connectivity index (χ1v) is 11.2. The van der Waals surface area contributed by atoms with Gasteiger partial charge in [-0.25, -0.2) is 0 Å². The van der Waals surface area contributed by atoms with Gasteiger partial charge >= 0.3 is 8.32 Å². The maximum atomic E-state index is 7.00. The minimum atomic E-state index is -2.68. The first-order valence-electron chi connectivity index (χ1n) is 9.32. The summed E-state index contributed by atoms with van der Waals surface area (Å²) in [6.45, 7) is 8.17. The smallest absolute Gasteiger partial charge is 0.346 e. The Kier molecular flexibility index (Phi) is 6.10. The summed E-state index contributed by atoms with van der Waals surface area (Å²) in [5.74, 6) is 0.978. The van der Waals surface area contributed by atoms with E-state index in [1.54, 1.807) is 0 Å². The van der Waals surface area contributed by atoms with E-state index in [0.29, 0.717) is 0 Å². The van der Waals surface area contributed by atoms with Crippen LogP contribution >= 0.6 is 0 Å². The molecular formula is C25H26OSi. The molecule has 2 heteroatoms. The van der Waals surface area contributed by atoms with Crippen LogP contribution in [-0.4, -0.2) is 8.32 Å². The van der Waals surface area contributed by atoms with Gasteiger partial charge in [0.05, 0.1) is 5.76 Å². The van der Waals surface area contributed by atoms with Crippen LogP contribution in [0.2, 0.25) is 0 Å². The standard InChI is InChI=1S/C25H26OSi/c1-4-22(20-21(2)3)26-27(23-14-8-5-9-15-23,24-16-10-6-11-17-24)25-18-12-7-13-19-25/h4-19H,2,20H2,1,3H3/b22-4-. The van der Waals surface area contributed by atoms with E-state index in [4.69, 9.17) is 4.43 Å². The number of hydrogen-bond donors (Lipinski definition) is 0. The molecule has 0 aliphatic rings. The lowest BCUT2D eigenvalue weighted by molar-refractivity contribution is 0.423. The van der Waals surface area contributed by atoms with Crippen molar-refractivity contribution < 1.29 is 4.43 Å². The quantitative estimate of drug-likeness (QED) is 0.257. The zero-order chi connectivity index (χ0) is 19.1. The van der Waals surface area contributed by atoms with E-state index in [-0.39, 0.29) is 0 Å². The summed E-state index contributed by atoms with van der Waals surface area (Å²) in [4.78, 5) is 0. The molecule has 0 atom stereocenters. The van der Waals surface area contributed by atoms with Crippen molar-refractivity contribution in [3.05, 3.63) is 115 Å². The zero-order valence-corrected chi connectivity index (χ0v) is 17.1. The Morgan fingerprint density at radius 1 is 0.778 bits per heavy atom. The molecule has 0 saturated carbocycles. The lowest BCUT2D eigenvalue weighted by Gasteiger charge is -2.34. The third-order valence-corrected chi connectivity index (χ3v) is 8.63. The zero-order valence-electron chi connectivity index (χ0n) is 16.1. The van der Waals surface area contributed by atoms with Crippen LogP contribution in [-0.2, 0) is 4.43 Å². The third-order valence-electron chi connectivity index (χ3n) is 4.62. The van der Waals surface area contributed by atoms with Gasteiger partial charge in [0.15, 0.2) is 0 Å². The second-order valence-corrected chi connectivity index (χ2v) is 10.1. The molecule has 27 heavy (non-hydrogen) atoms. The Morgan fingerprint density at radius 2 is 1.15 bits per heavy atom. The monoisotopic (exact) mass is 370 g/mol. The molecule has 136 valence electrons. The molecule has 0 fully saturated rings. The second-order valence-electron chi connectivity index (χ2n) is 6.77. The fraction of sp³-hybridized carbons (Fsp3) is 0.120. The fourth-order valence-electron chi connectivity index (χ4n) is 3.39. The summed E-state index contributed by atoms with van der Waals surface area (Å²) in [6, 6.07) is 31.9. The molecule has 0 amide bonds. The molecule has 3 aromatic rings. The van der Waals surface area contributed by atoms with Crippen LogP contribution in [0.4, 0.5) is 0 Å². The molecular weight excluding hydrogens is 344 g/mol. The van der Waals surface area contributed by atoms with Crippen molar-refractivity contribution in [1.29, 1.82) is 0 Å². The van der Waals surface area contributed by atoms with Gasteiger partial charge in [-0.2, -0.15) is 0 Å². The Morgan fingerprint density at radius 3 is 1.44 bits per heavy atom. The lowest BCUT2D eigenvalue weighted by atomic mass is 10.2. The third kappa shape index (κ3) is 4.12. The van der Waals surface area contributed by atoms with Crippen molar-refractivity contribution in [2.75, 3.05) is 0 Å². The topological polar surface area (TPSA) is 9.23 Å². The van der Waals surface area contributed by atoms with Crippen molar-refractivity contribution in [2.45, 2.75) is 20.3 Å². The molecule has 0 saturated heterocycles. The van der Waals surface area contributed by atoms with Crippen molar-refractivity contribution in [1.82, 2.24) is 0 Å². The Labute approximate surface area is 163 Å². The van der Waals surface area contributed by atoms with Crippen LogP contribution in [0.3, 0.4) is 0 Å². The highest BCUT2D eigenvalue weighted by atomic mass is 28.4. The molecule has 0 spiro atoms. The average molecular weight is 371 g/mol. The maximum absolute atomic E-state index is 7.00. The van der Waals surface area contributed by atoms with E-state index < -0.39 is 8.32 Å². The molecule has 0 aliphatic carbocycles. The number of allylic oxidation sites excluding steroid dienone is 2. The SMILES string of the molecule is C=C(C)C/C(=C/C)O[Si](c1ccccc1)(c1ccccc1)c1ccccc1. The van der Waals surface area contributed by atoms with E-state index in [1.165, 1.54) is 15.6 Å². The van der Waals surface area contributed by atoms with Crippen LogP contribution in [0.15, 0.2) is 115 Å². The molecule has 3 rings (SSSR count). The highest BCUT2D eigenvalue weighted by molar-refractivity contribution is 7.07. The lowest BCUT2D eigenvalue weighted by Crippen LogP contribution is -2.69. The van der Waals surface area contributed by atoms with Gasteiger partial charge in [-0.05, 0) is 29.4 Å². The first-order chi connectivity index (χ1) is 13.2. The summed E-state index contributed by atoms with van der Waals surface area (Å²) in [5.41, 5.74) is 1.10. The summed E-state index contributed by atoms with van der Waals surface area (Å²) in [6.07, 6.45) is 2.82. The van der Waals surface area contributed by atoms with Crippen molar-refractivity contribution in [2.24, 2.45) is 0 Å². The minimum absolute atomic E-state index is 0.748. The molecule has 0 unspecified atom stereocenters. The number of rotatable bonds is 7. The van der Waals surface area contributed by atoms with Gasteiger partial charge in [0.2, 0.25) is 0 Å². The molecule has 0 aromatic heterocycles. The minimum Gasteiger partial charge on any atom is -0.534 e. The van der Waals surface area contributed by atoms with Gasteiger partial charge < -0.3 is 4.43 Å². The molecule has 0 radical (unpaired) electrons. The van der Waals surface area contributed by atoms with Crippen LogP contribution in [0, 0.1) is 0 Å². The summed E-state index contributed by atoms with van der Waals surface area (Å²) < 4.78 is 7.00. The molecule has 0 heterocycles. The highest BCUT2D eigenvalue weighted by Gasteiger charge is 2.44. The van der Waals surface area contributed by atoms with Crippen molar-refractivity contribution in [3.63, 3.8) is 0 Å². The highest BCUT2D eigenvalue weighted by Crippen LogP contribution is 2.18. The van der Waals surface area contributed by atoms with E-state index in [1.807, 2.05) is 13.8 Å². The van der Waals surface area contributed by atoms with E-state index in [2.05, 4.69) is 104 Å². The van der Waals surface area contributed by atoms with Gasteiger partial charge in [0.25, 0.3) is 0 Å². The average Bonchev–Trinajstić information content (AvgIpc) is 2.73. The fourth-order valence-corrected chi connectivity index (χ4v) is 7.31. The first kappa shape index (κ1) is 18.9. The van der Waals surface area contributed by atoms with E-state index >= 15 is 0 Å². The largest absolute Gasteiger partial charge is 0.534 e. The Bertz CT molecular complexity index is 802. The predicted octanol–water partition coefficient (Wildman–Crippen LogP) is 4.54. The van der Waals surface area contributed by atoms with Crippen molar-refractivity contribution in [3.8, 4) is 0 Å². The molecule has 1 nitrogen and oxygen atoms in total. The van der Waals surface area contributed by atoms with Gasteiger partial charge in [-0.15, -0.1) is 0 Å². The molecule has 0 N–H and O–H groups in total. The van der Waals surface area contributed by atoms with Crippen LogP contribution in [0.1, 0.15) is 20.3 Å². The van der Waals surface area contributed by atoms with Gasteiger partial charge in [-0.1, -0.05) is 109 Å². The normalized spacial score (nSPS) is 11.9. The Hall–Kier alpha value is -2.84. The van der Waals surface area contributed by atoms with Gasteiger partial charge in [-0.3, -0.25) is 0 Å². The second kappa shape index (κ2) is 8.70. The summed E-state index contributed by atoms with van der Waals surface area (Å²) >= 11 is 0. The maximum Gasteiger partial charge on any atom is 0.346 e. The van der Waals surface area contributed by atoms with Crippen LogP contribution in [0.5, 0.6) is 0 Å². The van der Waals surface area contributed by atoms with Gasteiger partial charge in [0.1, 0.15) is 0 Å².